The molecule has 0 bridgehead atoms. The van der Waals surface area contributed by atoms with Gasteiger partial charge < -0.3 is 10.1 Å². The monoisotopic (exact) mass is 384 g/mol. The summed E-state index contributed by atoms with van der Waals surface area (Å²) in [5, 5.41) is 2.49. The number of carbonyl (C=O) groups is 3. The normalized spacial score (nSPS) is 12.3. The highest BCUT2D eigenvalue weighted by Crippen LogP contribution is 2.15. The second-order valence-corrected chi connectivity index (χ2v) is 7.64. The molecule has 1 amide bonds. The number of Topliss-reactive ketones (excluding diaryl/α,β-unsaturated/α-hetero) is 1. The molecule has 26 heavy (non-hydrogen) atoms. The molecule has 0 spiro atoms. The largest absolute Gasteiger partial charge is 0.454 e. The number of hydrogen-bond acceptors (Lipinski definition) is 6. The summed E-state index contributed by atoms with van der Waals surface area (Å²) < 4.78 is 30.5. The number of sulfonamides is 1. The van der Waals surface area contributed by atoms with E-state index in [4.69, 9.17) is 4.74 Å². The van der Waals surface area contributed by atoms with Gasteiger partial charge in [-0.15, -0.1) is 0 Å². The van der Waals surface area contributed by atoms with Crippen LogP contribution in [0, 0.1) is 0 Å². The van der Waals surface area contributed by atoms with E-state index >= 15 is 0 Å². The minimum atomic E-state index is -3.58. The smallest absolute Gasteiger partial charge is 0.324 e. The fourth-order valence-corrected chi connectivity index (χ4v) is 3.48. The van der Waals surface area contributed by atoms with Gasteiger partial charge in [0.05, 0.1) is 11.4 Å². The van der Waals surface area contributed by atoms with Gasteiger partial charge in [0.25, 0.3) is 5.91 Å². The second kappa shape index (κ2) is 10.0. The molecule has 1 atom stereocenters. The van der Waals surface area contributed by atoms with Crippen LogP contribution < -0.4 is 10.0 Å². The van der Waals surface area contributed by atoms with Gasteiger partial charge in [0.1, 0.15) is 6.04 Å². The minimum absolute atomic E-state index is 0.0799. The quantitative estimate of drug-likeness (QED) is 0.466. The van der Waals surface area contributed by atoms with E-state index in [1.807, 2.05) is 6.92 Å². The summed E-state index contributed by atoms with van der Waals surface area (Å²) in [5.41, 5.74) is 0.651. The van der Waals surface area contributed by atoms with Crippen molar-refractivity contribution in [1.29, 1.82) is 0 Å². The van der Waals surface area contributed by atoms with Crippen LogP contribution in [0.5, 0.6) is 0 Å². The molecule has 0 aromatic heterocycles. The predicted octanol–water partition coefficient (Wildman–Crippen LogP) is 1.48. The Kier molecular flexibility index (Phi) is 8.40. The first-order valence-electron chi connectivity index (χ1n) is 8.22. The van der Waals surface area contributed by atoms with Crippen molar-refractivity contribution in [2.75, 3.05) is 17.7 Å². The Hall–Kier alpha value is -2.26. The molecule has 1 aromatic carbocycles. The predicted molar refractivity (Wildman–Crippen MR) is 97.3 cm³/mol. The third-order valence-electron chi connectivity index (χ3n) is 3.40. The summed E-state index contributed by atoms with van der Waals surface area (Å²) in [7, 11) is -3.58. The topological polar surface area (TPSA) is 119 Å². The molecule has 0 aliphatic carbocycles. The maximum absolute atomic E-state index is 11.9. The Bertz CT molecular complexity index is 760. The van der Waals surface area contributed by atoms with Crippen molar-refractivity contribution >= 4 is 33.4 Å². The summed E-state index contributed by atoms with van der Waals surface area (Å²) in [6.07, 6.45) is 1.19. The van der Waals surface area contributed by atoms with Crippen LogP contribution in [-0.2, 0) is 24.3 Å². The lowest BCUT2D eigenvalue weighted by atomic mass is 10.1. The van der Waals surface area contributed by atoms with Gasteiger partial charge in [0.15, 0.2) is 12.4 Å². The molecule has 0 saturated heterocycles. The van der Waals surface area contributed by atoms with Crippen LogP contribution in [0.25, 0.3) is 0 Å². The van der Waals surface area contributed by atoms with Crippen molar-refractivity contribution < 1.29 is 27.5 Å². The fraction of sp³-hybridized carbons (Fsp3) is 0.471. The van der Waals surface area contributed by atoms with Crippen LogP contribution in [0.2, 0.25) is 0 Å². The van der Waals surface area contributed by atoms with Crippen LogP contribution in [0.15, 0.2) is 24.3 Å². The number of para-hydroxylation sites is 1. The Labute approximate surface area is 153 Å². The van der Waals surface area contributed by atoms with E-state index in [0.717, 1.165) is 0 Å². The van der Waals surface area contributed by atoms with Gasteiger partial charge in [-0.25, -0.2) is 13.1 Å². The lowest BCUT2D eigenvalue weighted by Gasteiger charge is -2.14. The molecule has 0 saturated carbocycles. The molecule has 8 nitrogen and oxygen atoms in total. The number of ether oxygens (including phenoxy) is 1. The summed E-state index contributed by atoms with van der Waals surface area (Å²) in [6, 6.07) is 5.34. The molecule has 2 N–H and O–H groups in total. The van der Waals surface area contributed by atoms with Crippen LogP contribution in [-0.4, -0.2) is 44.5 Å². The highest BCUT2D eigenvalue weighted by molar-refractivity contribution is 7.89. The van der Waals surface area contributed by atoms with Crippen molar-refractivity contribution in [2.45, 2.75) is 39.7 Å². The van der Waals surface area contributed by atoms with E-state index in [1.54, 1.807) is 24.3 Å². The Balaban J connectivity index is 2.54. The summed E-state index contributed by atoms with van der Waals surface area (Å²) in [4.78, 5) is 35.3. The van der Waals surface area contributed by atoms with Crippen molar-refractivity contribution in [3.8, 4) is 0 Å². The summed E-state index contributed by atoms with van der Waals surface area (Å²) in [5.74, 6) is -1.79. The average molecular weight is 384 g/mol. The first-order valence-corrected chi connectivity index (χ1v) is 9.88. The van der Waals surface area contributed by atoms with E-state index in [1.165, 1.54) is 13.8 Å². The van der Waals surface area contributed by atoms with E-state index < -0.39 is 34.5 Å². The van der Waals surface area contributed by atoms with Gasteiger partial charge in [-0.1, -0.05) is 25.5 Å². The number of unbranched alkanes of at least 4 members (excludes halogenated alkanes) is 1. The minimum Gasteiger partial charge on any atom is -0.454 e. The molecule has 0 radical (unpaired) electrons. The maximum atomic E-state index is 11.9. The zero-order valence-corrected chi connectivity index (χ0v) is 15.9. The Morgan fingerprint density at radius 3 is 2.46 bits per heavy atom. The lowest BCUT2D eigenvalue weighted by Crippen LogP contribution is -2.41. The number of anilines is 1. The van der Waals surface area contributed by atoms with Gasteiger partial charge in [-0.2, -0.15) is 0 Å². The molecule has 1 aromatic rings. The number of esters is 1. The molecule has 0 aliphatic rings. The van der Waals surface area contributed by atoms with Gasteiger partial charge in [-0.3, -0.25) is 14.4 Å². The van der Waals surface area contributed by atoms with Crippen molar-refractivity contribution in [1.82, 2.24) is 4.72 Å². The zero-order chi connectivity index (χ0) is 19.7. The van der Waals surface area contributed by atoms with Gasteiger partial charge in [0.2, 0.25) is 10.0 Å². The van der Waals surface area contributed by atoms with Crippen LogP contribution >= 0.6 is 0 Å². The fourth-order valence-electron chi connectivity index (χ4n) is 2.06. The Morgan fingerprint density at radius 1 is 1.19 bits per heavy atom. The average Bonchev–Trinajstić information content (AvgIpc) is 2.57. The van der Waals surface area contributed by atoms with E-state index in [0.29, 0.717) is 24.1 Å². The highest BCUT2D eigenvalue weighted by atomic mass is 32.2. The third-order valence-corrected chi connectivity index (χ3v) is 4.94. The summed E-state index contributed by atoms with van der Waals surface area (Å²) >= 11 is 0. The van der Waals surface area contributed by atoms with Crippen molar-refractivity contribution in [2.24, 2.45) is 0 Å². The number of rotatable bonds is 10. The standard InChI is InChI=1S/C17H24N2O6S/c1-4-5-10-26(23,24)19-12(2)17(22)25-11-16(21)18-15-9-7-6-8-14(15)13(3)20/h6-9,12,19H,4-5,10-11H2,1-3H3,(H,18,21)/t12-/m0/s1. The maximum Gasteiger partial charge on any atom is 0.324 e. The number of amides is 1. The van der Waals surface area contributed by atoms with E-state index in [2.05, 4.69) is 10.0 Å². The van der Waals surface area contributed by atoms with Crippen molar-refractivity contribution in [3.63, 3.8) is 0 Å². The lowest BCUT2D eigenvalue weighted by molar-refractivity contribution is -0.148. The van der Waals surface area contributed by atoms with Gasteiger partial charge in [0, 0.05) is 5.56 Å². The highest BCUT2D eigenvalue weighted by Gasteiger charge is 2.22. The molecule has 1 rings (SSSR count). The number of carbonyl (C=O) groups excluding carboxylic acids is 3. The molecule has 0 heterocycles. The molecule has 0 fully saturated rings. The number of nitrogens with one attached hydrogen (secondary N) is 2. The first kappa shape index (κ1) is 21.8. The van der Waals surface area contributed by atoms with Crippen LogP contribution in [0.4, 0.5) is 5.69 Å². The van der Waals surface area contributed by atoms with Gasteiger partial charge >= 0.3 is 5.97 Å². The third kappa shape index (κ3) is 7.32. The summed E-state index contributed by atoms with van der Waals surface area (Å²) in [6.45, 7) is 3.98. The number of hydrogen-bond donors (Lipinski definition) is 2. The van der Waals surface area contributed by atoms with E-state index in [9.17, 15) is 22.8 Å². The molecular formula is C17H24N2O6S. The Morgan fingerprint density at radius 2 is 1.85 bits per heavy atom. The second-order valence-electron chi connectivity index (χ2n) is 5.77. The number of ketones is 1. The molecule has 0 aliphatic heterocycles. The zero-order valence-electron chi connectivity index (χ0n) is 15.1. The van der Waals surface area contributed by atoms with Crippen LogP contribution in [0.3, 0.4) is 0 Å². The molecular weight excluding hydrogens is 360 g/mol. The molecule has 144 valence electrons. The number of benzene rings is 1. The van der Waals surface area contributed by atoms with E-state index in [-0.39, 0.29) is 11.5 Å². The molecule has 0 unspecified atom stereocenters. The molecule has 9 heteroatoms. The van der Waals surface area contributed by atoms with Crippen molar-refractivity contribution in [3.05, 3.63) is 29.8 Å². The van der Waals surface area contributed by atoms with Gasteiger partial charge in [-0.05, 0) is 32.4 Å². The van der Waals surface area contributed by atoms with Crippen LogP contribution in [0.1, 0.15) is 44.0 Å². The first-order chi connectivity index (χ1) is 12.2. The SMILES string of the molecule is CCCCS(=O)(=O)N[C@@H](C)C(=O)OCC(=O)Nc1ccccc1C(C)=O.